The number of fused-ring (bicyclic) bond motifs is 2. The molecule has 0 saturated heterocycles. The van der Waals surface area contributed by atoms with Gasteiger partial charge in [-0.15, -0.1) is 0 Å². The molecule has 76 heavy (non-hydrogen) atoms. The largest absolute Gasteiger partial charge is 0.497 e. The number of nitrogens with zero attached hydrogens (tertiary/aromatic N) is 4. The predicted octanol–water partition coefficient (Wildman–Crippen LogP) is 12.5. The molecule has 10 rings (SSSR count). The van der Waals surface area contributed by atoms with Crippen molar-refractivity contribution < 1.29 is 46.8 Å². The highest BCUT2D eigenvalue weighted by Crippen LogP contribution is 2.45. The summed E-state index contributed by atoms with van der Waals surface area (Å²) in [5.41, 5.74) is 5.70. The van der Waals surface area contributed by atoms with Gasteiger partial charge in [0.2, 0.25) is 11.4 Å². The van der Waals surface area contributed by atoms with Gasteiger partial charge in [0.15, 0.2) is 0 Å². The van der Waals surface area contributed by atoms with Crippen LogP contribution in [0.15, 0.2) is 131 Å². The lowest BCUT2D eigenvalue weighted by molar-refractivity contribution is -0.163. The Bertz CT molecular complexity index is 3000. The SMILES string of the molecule is COc1ccc(-c2c(-c3ccccc3)oc3ncnc(N[C@@H]4CC[C@@H](OCC(=O)OC(C)(C)C)C4)c23)cc1.COc1ccc(-c2c(-c3ccccc3)oc3ncnc(N[C@@H]4CC[C@H](OCC(=O)OC(C)(C)C)C4)c23)cc1. The summed E-state index contributed by atoms with van der Waals surface area (Å²) in [6.45, 7) is 11.0. The van der Waals surface area contributed by atoms with E-state index in [2.05, 4.69) is 30.6 Å². The summed E-state index contributed by atoms with van der Waals surface area (Å²) in [7, 11) is 3.30. The van der Waals surface area contributed by atoms with Crippen LogP contribution in [0, 0.1) is 0 Å². The molecular formula is C60H66N6O10. The number of anilines is 2. The van der Waals surface area contributed by atoms with Gasteiger partial charge in [-0.2, -0.15) is 0 Å². The highest BCUT2D eigenvalue weighted by Gasteiger charge is 2.31. The summed E-state index contributed by atoms with van der Waals surface area (Å²) in [5, 5.41) is 8.87. The van der Waals surface area contributed by atoms with Crippen molar-refractivity contribution in [1.29, 1.82) is 0 Å². The van der Waals surface area contributed by atoms with Crippen LogP contribution < -0.4 is 20.1 Å². The molecule has 0 spiro atoms. The Morgan fingerprint density at radius 2 is 0.895 bits per heavy atom. The summed E-state index contributed by atoms with van der Waals surface area (Å²) in [5.74, 6) is 3.76. The number of methoxy groups -OCH3 is 2. The van der Waals surface area contributed by atoms with Gasteiger partial charge < -0.3 is 47.9 Å². The van der Waals surface area contributed by atoms with Gasteiger partial charge in [-0.05, 0) is 115 Å². The normalized spacial score (nSPS) is 17.5. The molecule has 4 aromatic carbocycles. The van der Waals surface area contributed by atoms with Crippen molar-refractivity contribution in [3.8, 4) is 56.4 Å². The van der Waals surface area contributed by atoms with Crippen molar-refractivity contribution in [2.75, 3.05) is 38.1 Å². The Morgan fingerprint density at radius 3 is 1.25 bits per heavy atom. The molecule has 2 fully saturated rings. The van der Waals surface area contributed by atoms with Crippen LogP contribution in [0.3, 0.4) is 0 Å². The number of carbonyl (C=O) groups is 2. The van der Waals surface area contributed by atoms with Gasteiger partial charge >= 0.3 is 11.9 Å². The molecule has 16 heteroatoms. The zero-order chi connectivity index (χ0) is 53.4. The van der Waals surface area contributed by atoms with Crippen molar-refractivity contribution in [3.63, 3.8) is 0 Å². The van der Waals surface area contributed by atoms with E-state index in [9.17, 15) is 9.59 Å². The van der Waals surface area contributed by atoms with E-state index in [0.29, 0.717) is 23.1 Å². The second-order valence-electron chi connectivity index (χ2n) is 21.0. The van der Waals surface area contributed by atoms with Crippen LogP contribution in [0.2, 0.25) is 0 Å². The van der Waals surface area contributed by atoms with E-state index in [1.54, 1.807) is 14.2 Å². The lowest BCUT2D eigenvalue weighted by Crippen LogP contribution is -2.28. The second-order valence-corrected chi connectivity index (χ2v) is 21.0. The van der Waals surface area contributed by atoms with Crippen LogP contribution in [-0.4, -0.2) is 94.8 Å². The number of furan rings is 2. The average molecular weight is 1030 g/mol. The van der Waals surface area contributed by atoms with E-state index in [0.717, 1.165) is 106 Å². The molecule has 2 N–H and O–H groups in total. The molecule has 4 atom stereocenters. The molecule has 2 aliphatic carbocycles. The molecule has 4 heterocycles. The summed E-state index contributed by atoms with van der Waals surface area (Å²) in [6, 6.07) is 36.1. The van der Waals surface area contributed by atoms with E-state index in [1.807, 2.05) is 151 Å². The highest BCUT2D eigenvalue weighted by molar-refractivity contribution is 6.07. The maximum Gasteiger partial charge on any atom is 0.332 e. The molecular weight excluding hydrogens is 965 g/mol. The lowest BCUT2D eigenvalue weighted by Gasteiger charge is -2.20. The quantitative estimate of drug-likeness (QED) is 0.0868. The highest BCUT2D eigenvalue weighted by atomic mass is 16.6. The Morgan fingerprint density at radius 1 is 0.513 bits per heavy atom. The Kier molecular flexibility index (Phi) is 16.3. The fraction of sp³-hybridized carbons (Fsp3) is 0.367. The fourth-order valence-corrected chi connectivity index (χ4v) is 9.68. The monoisotopic (exact) mass is 1030 g/mol. The molecule has 16 nitrogen and oxygen atoms in total. The van der Waals surface area contributed by atoms with Crippen LogP contribution >= 0.6 is 0 Å². The number of aromatic nitrogens is 4. The van der Waals surface area contributed by atoms with Gasteiger partial charge in [0.25, 0.3) is 0 Å². The van der Waals surface area contributed by atoms with Gasteiger partial charge in [0, 0.05) is 34.3 Å². The molecule has 2 saturated carbocycles. The summed E-state index contributed by atoms with van der Waals surface area (Å²) < 4.78 is 45.8. The third kappa shape index (κ3) is 13.2. The summed E-state index contributed by atoms with van der Waals surface area (Å²) in [6.07, 6.45) is 7.99. The summed E-state index contributed by atoms with van der Waals surface area (Å²) >= 11 is 0. The maximum atomic E-state index is 12.1. The van der Waals surface area contributed by atoms with Gasteiger partial charge in [-0.25, -0.2) is 29.5 Å². The number of hydrogen-bond donors (Lipinski definition) is 2. The predicted molar refractivity (Wildman–Crippen MR) is 292 cm³/mol. The number of nitrogens with one attached hydrogen (secondary N) is 2. The van der Waals surface area contributed by atoms with Crippen molar-refractivity contribution in [2.45, 2.75) is 116 Å². The van der Waals surface area contributed by atoms with Gasteiger partial charge in [-0.3, -0.25) is 0 Å². The zero-order valence-corrected chi connectivity index (χ0v) is 44.4. The Balaban J connectivity index is 0.000000186. The van der Waals surface area contributed by atoms with E-state index < -0.39 is 11.2 Å². The second kappa shape index (κ2) is 23.4. The molecule has 4 aromatic heterocycles. The van der Waals surface area contributed by atoms with Gasteiger partial charge in [0.1, 0.15) is 71.7 Å². The first-order valence-electron chi connectivity index (χ1n) is 25.8. The smallest absolute Gasteiger partial charge is 0.332 e. The van der Waals surface area contributed by atoms with E-state index in [4.69, 9.17) is 37.3 Å². The number of ether oxygens (including phenoxy) is 6. The number of rotatable bonds is 16. The standard InChI is InChI=1S/2C30H33N3O5/c2*1-30(2,3)38-24(34)17-36-23-15-12-21(16-23)33-28-26-25(19-10-13-22(35-4)14-11-19)27(20-8-6-5-7-9-20)37-29(26)32-18-31-28/h2*5-11,13-14,18,21,23H,12,15-17H2,1-4H3,(H,31,32,33)/t21-,23+;21-,23-/m11/s1. The van der Waals surface area contributed by atoms with Crippen LogP contribution in [0.1, 0.15) is 80.1 Å². The molecule has 0 unspecified atom stereocenters. The van der Waals surface area contributed by atoms with Crippen molar-refractivity contribution in [3.05, 3.63) is 122 Å². The van der Waals surface area contributed by atoms with Crippen LogP contribution in [-0.2, 0) is 28.5 Å². The first kappa shape index (κ1) is 53.0. The molecule has 2 aliphatic rings. The van der Waals surface area contributed by atoms with Crippen molar-refractivity contribution in [2.24, 2.45) is 0 Å². The number of hydrogen-bond acceptors (Lipinski definition) is 16. The molecule has 396 valence electrons. The van der Waals surface area contributed by atoms with Gasteiger partial charge in [0.05, 0.1) is 37.2 Å². The van der Waals surface area contributed by atoms with Crippen LogP contribution in [0.5, 0.6) is 11.5 Å². The molecule has 0 amide bonds. The third-order valence-electron chi connectivity index (χ3n) is 13.0. The zero-order valence-electron chi connectivity index (χ0n) is 44.4. The molecule has 0 bridgehead atoms. The minimum Gasteiger partial charge on any atom is -0.497 e. The first-order chi connectivity index (χ1) is 36.6. The van der Waals surface area contributed by atoms with Crippen LogP contribution in [0.4, 0.5) is 11.6 Å². The average Bonchev–Trinajstić information content (AvgIpc) is 4.23. The topological polar surface area (TPSA) is 191 Å². The minimum atomic E-state index is -0.524. The van der Waals surface area contributed by atoms with Gasteiger partial charge in [-0.1, -0.05) is 84.9 Å². The van der Waals surface area contributed by atoms with E-state index >= 15 is 0 Å². The molecule has 0 radical (unpaired) electrons. The third-order valence-corrected chi connectivity index (χ3v) is 13.0. The number of benzene rings is 4. The van der Waals surface area contributed by atoms with E-state index in [-0.39, 0.29) is 49.4 Å². The Labute approximate surface area is 442 Å². The minimum absolute atomic E-state index is 0.0253. The van der Waals surface area contributed by atoms with E-state index in [1.165, 1.54) is 12.7 Å². The first-order valence-corrected chi connectivity index (χ1v) is 25.8. The van der Waals surface area contributed by atoms with Crippen LogP contribution in [0.25, 0.3) is 67.1 Å². The number of esters is 2. The summed E-state index contributed by atoms with van der Waals surface area (Å²) in [4.78, 5) is 42.3. The Hall–Kier alpha value is -7.82. The molecule has 0 aliphatic heterocycles. The fourth-order valence-electron chi connectivity index (χ4n) is 9.68. The lowest BCUT2D eigenvalue weighted by atomic mass is 9.99. The van der Waals surface area contributed by atoms with Crippen molar-refractivity contribution >= 4 is 45.8 Å². The number of carbonyl (C=O) groups excluding carboxylic acids is 2. The maximum absolute atomic E-state index is 12.1. The van der Waals surface area contributed by atoms with Crippen molar-refractivity contribution in [1.82, 2.24) is 19.9 Å². The molecule has 8 aromatic rings.